The molecule has 8 nitrogen and oxygen atoms in total. The van der Waals surface area contributed by atoms with Crippen LogP contribution in [0.1, 0.15) is 38.2 Å². The van der Waals surface area contributed by atoms with Gasteiger partial charge in [0.2, 0.25) is 0 Å². The van der Waals surface area contributed by atoms with Crippen LogP contribution in [-0.4, -0.2) is 44.8 Å². The molecule has 158 valence electrons. The number of hydrogen-bond acceptors (Lipinski definition) is 6. The van der Waals surface area contributed by atoms with E-state index in [-0.39, 0.29) is 6.04 Å². The number of imide groups is 1. The normalized spacial score (nSPS) is 18.7. The third-order valence-corrected chi connectivity index (χ3v) is 4.86. The fourth-order valence-corrected chi connectivity index (χ4v) is 3.28. The highest BCUT2D eigenvalue weighted by Gasteiger charge is 2.23. The van der Waals surface area contributed by atoms with Crippen LogP contribution in [0.15, 0.2) is 24.3 Å². The third kappa shape index (κ3) is 6.81. The highest BCUT2D eigenvalue weighted by Crippen LogP contribution is 2.31. The number of carbonyl (C=O) groups is 3. The molecule has 1 saturated carbocycles. The number of nitrogens with one attached hydrogen (secondary N) is 2. The molecule has 8 heteroatoms. The topological polar surface area (TPSA) is 103 Å². The molecule has 2 rings (SSSR count). The van der Waals surface area contributed by atoms with Gasteiger partial charge in [-0.1, -0.05) is 31.9 Å². The Bertz CT molecular complexity index is 762. The number of esters is 1. The Balaban J connectivity index is 1.79. The Morgan fingerprint density at radius 3 is 2.59 bits per heavy atom. The number of carbonyl (C=O) groups excluding carboxylic acids is 3. The predicted molar refractivity (Wildman–Crippen MR) is 108 cm³/mol. The monoisotopic (exact) mass is 404 g/mol. The number of hydrogen-bond donors (Lipinski definition) is 2. The summed E-state index contributed by atoms with van der Waals surface area (Å²) < 4.78 is 15.3. The number of para-hydroxylation sites is 1. The largest absolute Gasteiger partial charge is 0.493 e. The zero-order valence-electron chi connectivity index (χ0n) is 17.0. The summed E-state index contributed by atoms with van der Waals surface area (Å²) in [6.45, 7) is 1.53. The Kier molecular flexibility index (Phi) is 8.51. The van der Waals surface area contributed by atoms with E-state index < -0.39 is 24.5 Å². The fourth-order valence-electron chi connectivity index (χ4n) is 3.28. The van der Waals surface area contributed by atoms with Crippen molar-refractivity contribution in [1.82, 2.24) is 10.6 Å². The van der Waals surface area contributed by atoms with Crippen molar-refractivity contribution in [3.8, 4) is 11.5 Å². The zero-order valence-corrected chi connectivity index (χ0v) is 17.0. The molecule has 1 aliphatic carbocycles. The second-order valence-electron chi connectivity index (χ2n) is 6.91. The van der Waals surface area contributed by atoms with Crippen molar-refractivity contribution in [2.24, 2.45) is 5.92 Å². The van der Waals surface area contributed by atoms with E-state index in [0.29, 0.717) is 23.0 Å². The van der Waals surface area contributed by atoms with Gasteiger partial charge in [-0.25, -0.2) is 9.59 Å². The van der Waals surface area contributed by atoms with Gasteiger partial charge in [0.1, 0.15) is 0 Å². The first-order chi connectivity index (χ1) is 13.9. The van der Waals surface area contributed by atoms with E-state index in [1.165, 1.54) is 26.4 Å². The maximum absolute atomic E-state index is 11.9. The highest BCUT2D eigenvalue weighted by molar-refractivity contribution is 5.96. The molecule has 29 heavy (non-hydrogen) atoms. The van der Waals surface area contributed by atoms with Crippen molar-refractivity contribution in [2.75, 3.05) is 20.8 Å². The molecule has 0 bridgehead atoms. The van der Waals surface area contributed by atoms with Crippen LogP contribution in [0.25, 0.3) is 6.08 Å². The van der Waals surface area contributed by atoms with E-state index >= 15 is 0 Å². The van der Waals surface area contributed by atoms with Gasteiger partial charge in [0, 0.05) is 17.7 Å². The lowest BCUT2D eigenvalue weighted by Crippen LogP contribution is -2.48. The van der Waals surface area contributed by atoms with Crippen LogP contribution >= 0.6 is 0 Å². The molecule has 0 aliphatic heterocycles. The van der Waals surface area contributed by atoms with Crippen LogP contribution in [0, 0.1) is 5.92 Å². The smallest absolute Gasteiger partial charge is 0.331 e. The van der Waals surface area contributed by atoms with E-state index in [1.54, 1.807) is 18.2 Å². The average molecular weight is 404 g/mol. The van der Waals surface area contributed by atoms with Crippen LogP contribution < -0.4 is 20.1 Å². The first kappa shape index (κ1) is 22.3. The van der Waals surface area contributed by atoms with Crippen LogP contribution in [-0.2, 0) is 14.3 Å². The standard InChI is InChI=1S/C21H28N2O6/c1-14-7-4-5-9-16(14)22-21(26)23-18(24)13-29-19(25)12-11-15-8-6-10-17(27-2)20(15)28-3/h6,8,10-12,14,16H,4-5,7,9,13H2,1-3H3,(H2,22,23,24,26)/b12-11+/t14-,16+/m0/s1. The zero-order chi connectivity index (χ0) is 21.2. The number of benzene rings is 1. The molecule has 0 saturated heterocycles. The number of urea groups is 1. The van der Waals surface area contributed by atoms with Crippen LogP contribution in [0.3, 0.4) is 0 Å². The first-order valence-electron chi connectivity index (χ1n) is 9.60. The van der Waals surface area contributed by atoms with Gasteiger partial charge in [-0.15, -0.1) is 0 Å². The molecule has 0 radical (unpaired) electrons. The van der Waals surface area contributed by atoms with Crippen molar-refractivity contribution < 1.29 is 28.6 Å². The molecule has 0 aromatic heterocycles. The maximum Gasteiger partial charge on any atom is 0.331 e. The Morgan fingerprint density at radius 2 is 1.90 bits per heavy atom. The summed E-state index contributed by atoms with van der Waals surface area (Å²) in [7, 11) is 3.01. The molecule has 0 spiro atoms. The summed E-state index contributed by atoms with van der Waals surface area (Å²) in [4.78, 5) is 35.6. The van der Waals surface area contributed by atoms with Crippen molar-refractivity contribution >= 4 is 24.0 Å². The molecular weight excluding hydrogens is 376 g/mol. The number of rotatable bonds is 7. The predicted octanol–water partition coefficient (Wildman–Crippen LogP) is 2.66. The first-order valence-corrected chi connectivity index (χ1v) is 9.60. The quantitative estimate of drug-likeness (QED) is 0.535. The van der Waals surface area contributed by atoms with Gasteiger partial charge in [0.25, 0.3) is 5.91 Å². The Labute approximate surface area is 170 Å². The summed E-state index contributed by atoms with van der Waals surface area (Å²) in [6, 6.07) is 4.72. The lowest BCUT2D eigenvalue weighted by molar-refractivity contribution is -0.143. The summed E-state index contributed by atoms with van der Waals surface area (Å²) in [5.74, 6) is -0.0229. The average Bonchev–Trinajstić information content (AvgIpc) is 2.71. The fraction of sp³-hybridized carbons (Fsp3) is 0.476. The van der Waals surface area contributed by atoms with Crippen molar-refractivity contribution in [2.45, 2.75) is 38.6 Å². The summed E-state index contributed by atoms with van der Waals surface area (Å²) in [5.41, 5.74) is 0.620. The number of ether oxygens (including phenoxy) is 3. The van der Waals surface area contributed by atoms with E-state index in [9.17, 15) is 14.4 Å². The lowest BCUT2D eigenvalue weighted by atomic mass is 9.86. The SMILES string of the molecule is COc1cccc(/C=C/C(=O)OCC(=O)NC(=O)N[C@@H]2CCCC[C@@H]2C)c1OC. The second-order valence-corrected chi connectivity index (χ2v) is 6.91. The van der Waals surface area contributed by atoms with E-state index in [1.807, 2.05) is 0 Å². The van der Waals surface area contributed by atoms with Crippen molar-refractivity contribution in [1.29, 1.82) is 0 Å². The third-order valence-electron chi connectivity index (χ3n) is 4.86. The van der Waals surface area contributed by atoms with Gasteiger partial charge in [-0.05, 0) is 30.9 Å². The summed E-state index contributed by atoms with van der Waals surface area (Å²) in [5, 5.41) is 4.99. The Morgan fingerprint density at radius 1 is 1.14 bits per heavy atom. The Hall–Kier alpha value is -3.03. The van der Waals surface area contributed by atoms with Gasteiger partial charge in [0.05, 0.1) is 14.2 Å². The van der Waals surface area contributed by atoms with Gasteiger partial charge < -0.3 is 19.5 Å². The molecule has 2 N–H and O–H groups in total. The van der Waals surface area contributed by atoms with Gasteiger partial charge in [-0.3, -0.25) is 10.1 Å². The minimum atomic E-state index is -0.716. The molecule has 1 aromatic rings. The molecule has 3 amide bonds. The summed E-state index contributed by atoms with van der Waals surface area (Å²) in [6.07, 6.45) is 6.85. The van der Waals surface area contributed by atoms with Gasteiger partial charge in [0.15, 0.2) is 18.1 Å². The highest BCUT2D eigenvalue weighted by atomic mass is 16.5. The molecule has 0 unspecified atom stereocenters. The van der Waals surface area contributed by atoms with E-state index in [4.69, 9.17) is 14.2 Å². The minimum absolute atomic E-state index is 0.0554. The molecular formula is C21H28N2O6. The van der Waals surface area contributed by atoms with E-state index in [2.05, 4.69) is 17.6 Å². The minimum Gasteiger partial charge on any atom is -0.493 e. The molecule has 1 aliphatic rings. The van der Waals surface area contributed by atoms with Gasteiger partial charge in [-0.2, -0.15) is 0 Å². The maximum atomic E-state index is 11.9. The lowest BCUT2D eigenvalue weighted by Gasteiger charge is -2.29. The number of methoxy groups -OCH3 is 2. The molecule has 1 fully saturated rings. The van der Waals surface area contributed by atoms with Crippen LogP contribution in [0.4, 0.5) is 4.79 Å². The molecule has 0 heterocycles. The summed E-state index contributed by atoms with van der Waals surface area (Å²) >= 11 is 0. The molecule has 2 atom stereocenters. The second kappa shape index (κ2) is 11.1. The molecule has 1 aromatic carbocycles. The van der Waals surface area contributed by atoms with Gasteiger partial charge >= 0.3 is 12.0 Å². The van der Waals surface area contributed by atoms with E-state index in [0.717, 1.165) is 25.7 Å². The number of amides is 3. The van der Waals surface area contributed by atoms with Crippen LogP contribution in [0.2, 0.25) is 0 Å². The van der Waals surface area contributed by atoms with Crippen LogP contribution in [0.5, 0.6) is 11.5 Å². The van der Waals surface area contributed by atoms with Crippen molar-refractivity contribution in [3.05, 3.63) is 29.8 Å². The van der Waals surface area contributed by atoms with Crippen molar-refractivity contribution in [3.63, 3.8) is 0 Å².